The van der Waals surface area contributed by atoms with Crippen molar-refractivity contribution < 1.29 is 19.1 Å². The van der Waals surface area contributed by atoms with Crippen LogP contribution in [0.1, 0.15) is 35.0 Å². The average molecular weight is 471 g/mol. The molecule has 1 fully saturated rings. The van der Waals surface area contributed by atoms with Gasteiger partial charge in [-0.3, -0.25) is 19.7 Å². The molecule has 0 aliphatic carbocycles. The van der Waals surface area contributed by atoms with Gasteiger partial charge in [-0.2, -0.15) is 0 Å². The fourth-order valence-electron chi connectivity index (χ4n) is 3.18. The molecule has 8 nitrogen and oxygen atoms in total. The Kier molecular flexibility index (Phi) is 6.93. The maximum absolute atomic E-state index is 12.7. The first-order valence-corrected chi connectivity index (χ1v) is 11.8. The third-order valence-corrected chi connectivity index (χ3v) is 6.63. The van der Waals surface area contributed by atoms with Gasteiger partial charge in [0.15, 0.2) is 5.13 Å². The standard InChI is InChI=1S/C22H22N4O4S2/c1-13(27)23-11-16-7-8-19(32-16)17-12-31-22(25-17)26-20(28)14-4-2-5-15(10-14)24-21(29)18-6-3-9-30-18/h2,4-5,7-8,10,12,18H,3,6,9,11H2,1H3,(H,23,27)(H,24,29)(H,25,26,28). The predicted molar refractivity (Wildman–Crippen MR) is 125 cm³/mol. The number of amides is 3. The minimum absolute atomic E-state index is 0.0749. The van der Waals surface area contributed by atoms with Gasteiger partial charge in [-0.05, 0) is 43.2 Å². The number of anilines is 2. The number of nitrogens with zero attached hydrogens (tertiary/aromatic N) is 1. The first-order valence-electron chi connectivity index (χ1n) is 10.1. The van der Waals surface area contributed by atoms with Crippen molar-refractivity contribution >= 4 is 51.2 Å². The van der Waals surface area contributed by atoms with Crippen LogP contribution in [-0.4, -0.2) is 35.4 Å². The molecule has 10 heteroatoms. The van der Waals surface area contributed by atoms with Crippen LogP contribution in [0.25, 0.3) is 10.6 Å². The van der Waals surface area contributed by atoms with Crippen molar-refractivity contribution in [1.29, 1.82) is 0 Å². The van der Waals surface area contributed by atoms with Gasteiger partial charge in [0.05, 0.1) is 17.1 Å². The topological polar surface area (TPSA) is 109 Å². The highest BCUT2D eigenvalue weighted by molar-refractivity contribution is 7.17. The first-order chi connectivity index (χ1) is 15.5. The van der Waals surface area contributed by atoms with E-state index in [2.05, 4.69) is 20.9 Å². The molecule has 3 heterocycles. The average Bonchev–Trinajstić information content (AvgIpc) is 3.53. The number of carbonyl (C=O) groups excluding carboxylic acids is 3. The second kappa shape index (κ2) is 10.0. The molecule has 1 aromatic carbocycles. The lowest BCUT2D eigenvalue weighted by Gasteiger charge is -2.11. The van der Waals surface area contributed by atoms with E-state index in [-0.39, 0.29) is 17.7 Å². The van der Waals surface area contributed by atoms with E-state index in [0.29, 0.717) is 36.0 Å². The summed E-state index contributed by atoms with van der Waals surface area (Å²) < 4.78 is 5.39. The van der Waals surface area contributed by atoms with Gasteiger partial charge >= 0.3 is 0 Å². The van der Waals surface area contributed by atoms with E-state index in [1.165, 1.54) is 18.3 Å². The highest BCUT2D eigenvalue weighted by Crippen LogP contribution is 2.31. The minimum Gasteiger partial charge on any atom is -0.368 e. The van der Waals surface area contributed by atoms with Crippen LogP contribution in [0.3, 0.4) is 0 Å². The summed E-state index contributed by atoms with van der Waals surface area (Å²) in [5.74, 6) is -0.579. The molecule has 3 N–H and O–H groups in total. The third-order valence-electron chi connectivity index (χ3n) is 4.76. The molecule has 32 heavy (non-hydrogen) atoms. The molecule has 0 radical (unpaired) electrons. The van der Waals surface area contributed by atoms with Crippen LogP contribution in [0.5, 0.6) is 0 Å². The van der Waals surface area contributed by atoms with E-state index in [0.717, 1.165) is 21.9 Å². The van der Waals surface area contributed by atoms with Gasteiger partial charge in [0, 0.05) is 35.0 Å². The Bertz CT molecular complexity index is 1130. The molecule has 1 aliphatic heterocycles. The van der Waals surface area contributed by atoms with Crippen LogP contribution < -0.4 is 16.0 Å². The van der Waals surface area contributed by atoms with Crippen molar-refractivity contribution in [3.63, 3.8) is 0 Å². The van der Waals surface area contributed by atoms with Crippen molar-refractivity contribution in [2.45, 2.75) is 32.4 Å². The van der Waals surface area contributed by atoms with Crippen LogP contribution in [0.15, 0.2) is 41.8 Å². The summed E-state index contributed by atoms with van der Waals surface area (Å²) in [7, 11) is 0. The Balaban J connectivity index is 1.38. The number of thiazole rings is 1. The summed E-state index contributed by atoms with van der Waals surface area (Å²) in [4.78, 5) is 42.5. The summed E-state index contributed by atoms with van der Waals surface area (Å²) in [6, 6.07) is 10.7. The highest BCUT2D eigenvalue weighted by atomic mass is 32.1. The van der Waals surface area contributed by atoms with Gasteiger partial charge in [0.25, 0.3) is 11.8 Å². The van der Waals surface area contributed by atoms with Crippen molar-refractivity contribution in [2.24, 2.45) is 0 Å². The monoisotopic (exact) mass is 470 g/mol. The van der Waals surface area contributed by atoms with E-state index >= 15 is 0 Å². The van der Waals surface area contributed by atoms with Crippen LogP contribution in [-0.2, 0) is 20.9 Å². The van der Waals surface area contributed by atoms with Gasteiger partial charge in [-0.15, -0.1) is 22.7 Å². The number of rotatable bonds is 7. The van der Waals surface area contributed by atoms with Gasteiger partial charge in [0.2, 0.25) is 5.91 Å². The summed E-state index contributed by atoms with van der Waals surface area (Å²) in [5.41, 5.74) is 1.73. The smallest absolute Gasteiger partial charge is 0.257 e. The lowest BCUT2D eigenvalue weighted by atomic mass is 10.1. The fourth-order valence-corrected chi connectivity index (χ4v) is 4.87. The second-order valence-electron chi connectivity index (χ2n) is 7.24. The van der Waals surface area contributed by atoms with Crippen molar-refractivity contribution in [1.82, 2.24) is 10.3 Å². The largest absolute Gasteiger partial charge is 0.368 e. The zero-order valence-electron chi connectivity index (χ0n) is 17.3. The van der Waals surface area contributed by atoms with E-state index in [4.69, 9.17) is 4.74 Å². The number of ether oxygens (including phenoxy) is 1. The Hall–Kier alpha value is -3.08. The molecule has 3 amide bonds. The molecule has 0 bridgehead atoms. The number of nitrogens with one attached hydrogen (secondary N) is 3. The first kappa shape index (κ1) is 22.1. The van der Waals surface area contributed by atoms with Crippen LogP contribution in [0.4, 0.5) is 10.8 Å². The summed E-state index contributed by atoms with van der Waals surface area (Å²) in [6.07, 6.45) is 1.15. The van der Waals surface area contributed by atoms with Gasteiger partial charge in [-0.1, -0.05) is 6.07 Å². The maximum Gasteiger partial charge on any atom is 0.257 e. The van der Waals surface area contributed by atoms with Crippen LogP contribution in [0.2, 0.25) is 0 Å². The zero-order valence-corrected chi connectivity index (χ0v) is 19.0. The molecule has 166 valence electrons. The molecule has 3 aromatic rings. The van der Waals surface area contributed by atoms with Gasteiger partial charge in [-0.25, -0.2) is 4.98 Å². The van der Waals surface area contributed by atoms with Crippen LogP contribution >= 0.6 is 22.7 Å². The van der Waals surface area contributed by atoms with Gasteiger partial charge < -0.3 is 15.4 Å². The predicted octanol–water partition coefficient (Wildman–Crippen LogP) is 3.88. The number of hydrogen-bond donors (Lipinski definition) is 3. The molecule has 1 unspecified atom stereocenters. The Labute approximate surface area is 193 Å². The summed E-state index contributed by atoms with van der Waals surface area (Å²) in [6.45, 7) is 2.56. The number of aromatic nitrogens is 1. The summed E-state index contributed by atoms with van der Waals surface area (Å²) in [5, 5.41) is 10.7. The molecule has 0 spiro atoms. The molecule has 4 rings (SSSR count). The Morgan fingerprint density at radius 1 is 1.19 bits per heavy atom. The number of thiophene rings is 1. The normalized spacial score (nSPS) is 15.3. The molecular weight excluding hydrogens is 448 g/mol. The van der Waals surface area contributed by atoms with Crippen molar-refractivity contribution in [3.8, 4) is 10.6 Å². The van der Waals surface area contributed by atoms with Gasteiger partial charge in [0.1, 0.15) is 6.10 Å². The molecule has 2 aromatic heterocycles. The second-order valence-corrected chi connectivity index (χ2v) is 9.27. The van der Waals surface area contributed by atoms with E-state index < -0.39 is 6.10 Å². The molecule has 1 atom stereocenters. The lowest BCUT2D eigenvalue weighted by molar-refractivity contribution is -0.124. The quantitative estimate of drug-likeness (QED) is 0.486. The summed E-state index contributed by atoms with van der Waals surface area (Å²) >= 11 is 2.87. The number of hydrogen-bond acceptors (Lipinski definition) is 7. The number of benzene rings is 1. The Morgan fingerprint density at radius 2 is 2.06 bits per heavy atom. The molecular formula is C22H22N4O4S2. The number of carbonyl (C=O) groups is 3. The fraction of sp³-hybridized carbons (Fsp3) is 0.273. The Morgan fingerprint density at radius 3 is 2.84 bits per heavy atom. The van der Waals surface area contributed by atoms with Crippen molar-refractivity contribution in [2.75, 3.05) is 17.2 Å². The zero-order chi connectivity index (χ0) is 22.5. The van der Waals surface area contributed by atoms with E-state index in [1.807, 2.05) is 17.5 Å². The van der Waals surface area contributed by atoms with Crippen LogP contribution in [0, 0.1) is 0 Å². The molecule has 0 saturated carbocycles. The highest BCUT2D eigenvalue weighted by Gasteiger charge is 2.23. The molecule has 1 aliphatic rings. The maximum atomic E-state index is 12.7. The van der Waals surface area contributed by atoms with E-state index in [9.17, 15) is 14.4 Å². The van der Waals surface area contributed by atoms with E-state index in [1.54, 1.807) is 35.6 Å². The minimum atomic E-state index is -0.433. The molecule has 1 saturated heterocycles. The lowest BCUT2D eigenvalue weighted by Crippen LogP contribution is -2.27. The SMILES string of the molecule is CC(=O)NCc1ccc(-c2csc(NC(=O)c3cccc(NC(=O)C4CCCO4)c3)n2)s1. The third kappa shape index (κ3) is 5.58. The van der Waals surface area contributed by atoms with Crippen molar-refractivity contribution in [3.05, 3.63) is 52.2 Å².